The van der Waals surface area contributed by atoms with E-state index < -0.39 is 16.9 Å². The predicted molar refractivity (Wildman–Crippen MR) is 65.6 cm³/mol. The van der Waals surface area contributed by atoms with Crippen LogP contribution < -0.4 is 4.74 Å². The molecule has 0 saturated heterocycles. The number of aromatic amines is 1. The number of benzene rings is 1. The highest BCUT2D eigenvalue weighted by molar-refractivity contribution is 7.84. The number of hydrogen-bond donors (Lipinski definition) is 2. The Morgan fingerprint density at radius 3 is 2.83 bits per heavy atom. The fourth-order valence-electron chi connectivity index (χ4n) is 1.31. The highest BCUT2D eigenvalue weighted by Gasteiger charge is 2.14. The van der Waals surface area contributed by atoms with Crippen LogP contribution in [-0.2, 0) is 10.8 Å². The van der Waals surface area contributed by atoms with Crippen molar-refractivity contribution >= 4 is 10.8 Å². The zero-order valence-corrected chi connectivity index (χ0v) is 10.3. The summed E-state index contributed by atoms with van der Waals surface area (Å²) in [6.45, 7) is 0.0872. The summed E-state index contributed by atoms with van der Waals surface area (Å²) in [4.78, 5) is 3.77. The van der Waals surface area contributed by atoms with Crippen molar-refractivity contribution in [3.05, 3.63) is 36.7 Å². The lowest BCUT2D eigenvalue weighted by Crippen LogP contribution is -2.24. The van der Waals surface area contributed by atoms with E-state index in [2.05, 4.69) is 15.2 Å². The smallest absolute Gasteiger partial charge is 0.214 e. The lowest BCUT2D eigenvalue weighted by Gasteiger charge is -2.11. The summed E-state index contributed by atoms with van der Waals surface area (Å²) in [7, 11) is -1.40. The lowest BCUT2D eigenvalue weighted by atomic mass is 10.3. The Bertz CT molecular complexity index is 489. The molecule has 1 aromatic heterocycles. The van der Waals surface area contributed by atoms with Crippen molar-refractivity contribution in [1.82, 2.24) is 15.2 Å². The second kappa shape index (κ2) is 6.27. The van der Waals surface area contributed by atoms with Gasteiger partial charge in [0.2, 0.25) is 5.16 Å². The number of hydrogen-bond acceptors (Lipinski definition) is 5. The topological polar surface area (TPSA) is 88.1 Å². The summed E-state index contributed by atoms with van der Waals surface area (Å²) >= 11 is 0. The third kappa shape index (κ3) is 3.64. The molecule has 0 aliphatic carbocycles. The van der Waals surface area contributed by atoms with E-state index in [9.17, 15) is 9.32 Å². The van der Waals surface area contributed by atoms with Crippen LogP contribution in [0, 0.1) is 0 Å². The minimum atomic E-state index is -1.40. The molecule has 0 aliphatic rings. The first kappa shape index (κ1) is 12.7. The zero-order valence-electron chi connectivity index (χ0n) is 9.52. The number of rotatable bonds is 6. The third-order valence-corrected chi connectivity index (χ3v) is 3.45. The van der Waals surface area contributed by atoms with Crippen LogP contribution in [0.4, 0.5) is 0 Å². The van der Waals surface area contributed by atoms with Crippen molar-refractivity contribution in [1.29, 1.82) is 0 Å². The Kier molecular flexibility index (Phi) is 4.43. The molecule has 6 nitrogen and oxygen atoms in total. The van der Waals surface area contributed by atoms with Gasteiger partial charge in [-0.1, -0.05) is 18.2 Å². The Balaban J connectivity index is 1.79. The molecule has 0 spiro atoms. The van der Waals surface area contributed by atoms with E-state index in [1.807, 2.05) is 18.2 Å². The molecule has 2 N–H and O–H groups in total. The molecule has 1 aromatic carbocycles. The summed E-state index contributed by atoms with van der Waals surface area (Å²) in [5.74, 6) is 0.726. The number of nitrogens with zero attached hydrogens (tertiary/aromatic N) is 2. The van der Waals surface area contributed by atoms with E-state index in [0.717, 1.165) is 0 Å². The third-order valence-electron chi connectivity index (χ3n) is 2.14. The average molecular weight is 267 g/mol. The van der Waals surface area contributed by atoms with Gasteiger partial charge in [0, 0.05) is 0 Å². The highest BCUT2D eigenvalue weighted by atomic mass is 32.2. The van der Waals surface area contributed by atoms with Crippen molar-refractivity contribution in [2.24, 2.45) is 0 Å². The lowest BCUT2D eigenvalue weighted by molar-refractivity contribution is 0.125. The molecule has 2 aromatic rings. The van der Waals surface area contributed by atoms with Crippen molar-refractivity contribution < 1.29 is 14.1 Å². The molecule has 0 fully saturated rings. The molecule has 18 heavy (non-hydrogen) atoms. The van der Waals surface area contributed by atoms with E-state index in [-0.39, 0.29) is 17.5 Å². The quantitative estimate of drug-likeness (QED) is 0.788. The maximum absolute atomic E-state index is 11.7. The number of ether oxygens (including phenoxy) is 1. The molecule has 0 aliphatic heterocycles. The molecule has 2 rings (SSSR count). The molecular weight excluding hydrogens is 254 g/mol. The van der Waals surface area contributed by atoms with Gasteiger partial charge in [0.15, 0.2) is 0 Å². The Labute approximate surface area is 106 Å². The Hall–Kier alpha value is -1.73. The van der Waals surface area contributed by atoms with Crippen LogP contribution in [0.3, 0.4) is 0 Å². The molecule has 1 heterocycles. The molecule has 0 radical (unpaired) electrons. The van der Waals surface area contributed by atoms with Crippen molar-refractivity contribution in [2.75, 3.05) is 12.4 Å². The van der Waals surface area contributed by atoms with Gasteiger partial charge in [-0.2, -0.15) is 5.10 Å². The van der Waals surface area contributed by atoms with Gasteiger partial charge in [-0.25, -0.2) is 4.98 Å². The Morgan fingerprint density at radius 1 is 1.39 bits per heavy atom. The van der Waals surface area contributed by atoms with Crippen LogP contribution in [0.1, 0.15) is 0 Å². The molecule has 96 valence electrons. The van der Waals surface area contributed by atoms with Gasteiger partial charge in [0.1, 0.15) is 18.7 Å². The van der Waals surface area contributed by atoms with E-state index in [1.54, 1.807) is 12.1 Å². The maximum Gasteiger partial charge on any atom is 0.214 e. The number of H-pyrrole nitrogens is 1. The fraction of sp³-hybridized carbons (Fsp3) is 0.273. The largest absolute Gasteiger partial charge is 0.491 e. The molecule has 2 atom stereocenters. The molecule has 0 unspecified atom stereocenters. The van der Waals surface area contributed by atoms with Gasteiger partial charge in [-0.05, 0) is 12.1 Å². The normalized spacial score (nSPS) is 14.1. The summed E-state index contributed by atoms with van der Waals surface area (Å²) < 4.78 is 17.0. The SMILES string of the molecule is O=[S@@](C[C@@H](O)COc1ccccc1)c1ncn[nH]1. The average Bonchev–Trinajstić information content (AvgIpc) is 2.91. The van der Waals surface area contributed by atoms with Crippen LogP contribution >= 0.6 is 0 Å². The number of aliphatic hydroxyl groups is 1. The second-order valence-corrected chi connectivity index (χ2v) is 4.99. The second-order valence-electron chi connectivity index (χ2n) is 3.58. The van der Waals surface area contributed by atoms with Gasteiger partial charge in [-0.3, -0.25) is 9.31 Å². The van der Waals surface area contributed by atoms with Gasteiger partial charge in [-0.15, -0.1) is 0 Å². The summed E-state index contributed by atoms with van der Waals surface area (Å²) in [6, 6.07) is 9.14. The van der Waals surface area contributed by atoms with Crippen LogP contribution in [-0.4, -0.2) is 43.0 Å². The summed E-state index contributed by atoms with van der Waals surface area (Å²) in [5, 5.41) is 16.1. The number of aromatic nitrogens is 3. The fourth-order valence-corrected chi connectivity index (χ4v) is 2.24. The standard InChI is InChI=1S/C11H13N3O3S/c15-9(6-17-10-4-2-1-3-5-10)7-18(16)11-12-8-13-14-11/h1-5,8-9,15H,6-7H2,(H,12,13,14)/t9-,18-/m0/s1. The minimum Gasteiger partial charge on any atom is -0.491 e. The summed E-state index contributed by atoms with van der Waals surface area (Å²) in [5.41, 5.74) is 0. The Morgan fingerprint density at radius 2 is 2.17 bits per heavy atom. The number of para-hydroxylation sites is 1. The molecular formula is C11H13N3O3S. The van der Waals surface area contributed by atoms with E-state index in [4.69, 9.17) is 4.74 Å². The molecule has 7 heteroatoms. The van der Waals surface area contributed by atoms with Crippen LogP contribution in [0.15, 0.2) is 41.8 Å². The molecule has 0 saturated carbocycles. The van der Waals surface area contributed by atoms with Crippen LogP contribution in [0.2, 0.25) is 0 Å². The first-order valence-corrected chi connectivity index (χ1v) is 6.67. The van der Waals surface area contributed by atoms with Gasteiger partial charge in [0.05, 0.1) is 22.7 Å². The van der Waals surface area contributed by atoms with Crippen molar-refractivity contribution in [3.63, 3.8) is 0 Å². The van der Waals surface area contributed by atoms with Gasteiger partial charge < -0.3 is 9.84 Å². The van der Waals surface area contributed by atoms with E-state index in [1.165, 1.54) is 6.33 Å². The monoisotopic (exact) mass is 267 g/mol. The van der Waals surface area contributed by atoms with Crippen molar-refractivity contribution in [2.45, 2.75) is 11.3 Å². The summed E-state index contributed by atoms with van der Waals surface area (Å²) in [6.07, 6.45) is 0.455. The van der Waals surface area contributed by atoms with Gasteiger partial charge >= 0.3 is 0 Å². The molecule has 0 bridgehead atoms. The predicted octanol–water partition coefficient (Wildman–Crippen LogP) is 0.352. The van der Waals surface area contributed by atoms with E-state index >= 15 is 0 Å². The highest BCUT2D eigenvalue weighted by Crippen LogP contribution is 2.09. The van der Waals surface area contributed by atoms with Crippen LogP contribution in [0.25, 0.3) is 0 Å². The first-order valence-electron chi connectivity index (χ1n) is 5.35. The van der Waals surface area contributed by atoms with Gasteiger partial charge in [0.25, 0.3) is 0 Å². The molecule has 0 amide bonds. The minimum absolute atomic E-state index is 0.0576. The maximum atomic E-state index is 11.7. The first-order chi connectivity index (χ1) is 8.75. The number of nitrogens with one attached hydrogen (secondary N) is 1. The van der Waals surface area contributed by atoms with E-state index in [0.29, 0.717) is 5.75 Å². The number of aliphatic hydroxyl groups excluding tert-OH is 1. The van der Waals surface area contributed by atoms with Crippen molar-refractivity contribution in [3.8, 4) is 5.75 Å². The van der Waals surface area contributed by atoms with Crippen LogP contribution in [0.5, 0.6) is 5.75 Å². The zero-order chi connectivity index (χ0) is 12.8.